The number of halogens is 1. The van der Waals surface area contributed by atoms with Gasteiger partial charge in [-0.05, 0) is 26.2 Å². The summed E-state index contributed by atoms with van der Waals surface area (Å²) in [4.78, 5) is 11.0. The zero-order valence-corrected chi connectivity index (χ0v) is 17.1. The van der Waals surface area contributed by atoms with Crippen molar-refractivity contribution in [2.24, 2.45) is 4.99 Å². The fourth-order valence-corrected chi connectivity index (χ4v) is 2.78. The summed E-state index contributed by atoms with van der Waals surface area (Å²) in [6.07, 6.45) is 7.71. The summed E-state index contributed by atoms with van der Waals surface area (Å²) >= 11 is 1.71. The molecule has 0 saturated heterocycles. The number of allylic oxidation sites excluding steroid dienone is 1. The highest BCUT2D eigenvalue weighted by Gasteiger charge is 2.05. The monoisotopic (exact) mass is 436 g/mol. The Morgan fingerprint density at radius 1 is 1.45 bits per heavy atom. The molecule has 0 aliphatic rings. The molecular formula is C16H29IN4S. The minimum absolute atomic E-state index is 0. The van der Waals surface area contributed by atoms with Crippen LogP contribution in [0.4, 0.5) is 0 Å². The van der Waals surface area contributed by atoms with Crippen LogP contribution in [-0.4, -0.2) is 43.0 Å². The maximum Gasteiger partial charge on any atom is 0.193 e. The van der Waals surface area contributed by atoms with E-state index in [4.69, 9.17) is 0 Å². The van der Waals surface area contributed by atoms with Gasteiger partial charge < -0.3 is 10.2 Å². The summed E-state index contributed by atoms with van der Waals surface area (Å²) in [5.41, 5.74) is 1.16. The topological polar surface area (TPSA) is 40.5 Å². The summed E-state index contributed by atoms with van der Waals surface area (Å²) < 4.78 is 0. The Hall–Kier alpha value is -0.630. The van der Waals surface area contributed by atoms with Crippen molar-refractivity contribution < 1.29 is 0 Å². The molecule has 0 spiro atoms. The summed E-state index contributed by atoms with van der Waals surface area (Å²) in [5.74, 6) is 0.964. The average molecular weight is 436 g/mol. The average Bonchev–Trinajstić information content (AvgIpc) is 2.88. The quantitative estimate of drug-likeness (QED) is 0.210. The number of hydrogen-bond donors (Lipinski definition) is 1. The van der Waals surface area contributed by atoms with Gasteiger partial charge in [-0.25, -0.2) is 4.98 Å². The first kappa shape index (κ1) is 21.4. The van der Waals surface area contributed by atoms with E-state index in [9.17, 15) is 0 Å². The number of rotatable bonds is 9. The second kappa shape index (κ2) is 12.9. The smallest absolute Gasteiger partial charge is 0.193 e. The van der Waals surface area contributed by atoms with Gasteiger partial charge in [-0.2, -0.15) is 0 Å². The van der Waals surface area contributed by atoms with Crippen LogP contribution in [0.2, 0.25) is 0 Å². The van der Waals surface area contributed by atoms with Crippen LogP contribution in [0.3, 0.4) is 0 Å². The van der Waals surface area contributed by atoms with Gasteiger partial charge in [-0.15, -0.1) is 41.9 Å². The Morgan fingerprint density at radius 2 is 2.23 bits per heavy atom. The van der Waals surface area contributed by atoms with Crippen LogP contribution in [0.15, 0.2) is 23.0 Å². The van der Waals surface area contributed by atoms with Crippen LogP contribution in [-0.2, 0) is 6.42 Å². The van der Waals surface area contributed by atoms with Crippen molar-refractivity contribution in [3.8, 4) is 0 Å². The molecule has 0 bridgehead atoms. The van der Waals surface area contributed by atoms with E-state index in [1.807, 2.05) is 20.0 Å². The minimum Gasteiger partial charge on any atom is -0.356 e. The number of unbranched alkanes of at least 4 members (excludes halogenated alkanes) is 3. The molecule has 0 atom stereocenters. The zero-order chi connectivity index (χ0) is 15.5. The third-order valence-corrected chi connectivity index (χ3v) is 4.13. The highest BCUT2D eigenvalue weighted by Crippen LogP contribution is 2.07. The summed E-state index contributed by atoms with van der Waals surface area (Å²) in [5, 5.41) is 6.66. The van der Waals surface area contributed by atoms with Crippen LogP contribution in [0.25, 0.3) is 0 Å². The first-order valence-electron chi connectivity index (χ1n) is 7.61. The first-order valence-corrected chi connectivity index (χ1v) is 8.49. The molecule has 0 fully saturated rings. The number of aliphatic imine (C=N–C) groups is 1. The molecule has 4 nitrogen and oxygen atoms in total. The van der Waals surface area contributed by atoms with Crippen molar-refractivity contribution in [2.45, 2.75) is 39.0 Å². The maximum atomic E-state index is 4.47. The van der Waals surface area contributed by atoms with Gasteiger partial charge in [0.1, 0.15) is 0 Å². The Bertz CT molecular complexity index is 445. The lowest BCUT2D eigenvalue weighted by atomic mass is 10.2. The van der Waals surface area contributed by atoms with Crippen LogP contribution >= 0.6 is 35.3 Å². The largest absolute Gasteiger partial charge is 0.356 e. The standard InChI is InChI=1S/C16H28N4S.HI/c1-5-6-7-8-9-12-20(4)16(17-3)18-11-10-15-13-21-14(2)19-15;/h5,13H,1,6-12H2,2-4H3,(H,17,18);1H. The molecule has 0 unspecified atom stereocenters. The van der Waals surface area contributed by atoms with Gasteiger partial charge in [0.05, 0.1) is 10.7 Å². The fraction of sp³-hybridized carbons (Fsp3) is 0.625. The van der Waals surface area contributed by atoms with Gasteiger partial charge in [0.15, 0.2) is 5.96 Å². The van der Waals surface area contributed by atoms with Crippen molar-refractivity contribution in [3.05, 3.63) is 28.7 Å². The summed E-state index contributed by atoms with van der Waals surface area (Å²) in [6.45, 7) is 7.70. The summed E-state index contributed by atoms with van der Waals surface area (Å²) in [7, 11) is 3.93. The molecule has 1 aromatic rings. The van der Waals surface area contributed by atoms with Gasteiger partial charge in [-0.3, -0.25) is 4.99 Å². The van der Waals surface area contributed by atoms with E-state index >= 15 is 0 Å². The number of aromatic nitrogens is 1. The van der Waals surface area contributed by atoms with Crippen LogP contribution in [0.5, 0.6) is 0 Å². The van der Waals surface area contributed by atoms with Crippen molar-refractivity contribution >= 4 is 41.3 Å². The molecule has 0 amide bonds. The molecule has 1 aromatic heterocycles. The lowest BCUT2D eigenvalue weighted by Crippen LogP contribution is -2.40. The lowest BCUT2D eigenvalue weighted by molar-refractivity contribution is 0.455. The highest BCUT2D eigenvalue weighted by atomic mass is 127. The van der Waals surface area contributed by atoms with E-state index in [-0.39, 0.29) is 24.0 Å². The third kappa shape index (κ3) is 8.73. The van der Waals surface area contributed by atoms with Crippen LogP contribution < -0.4 is 5.32 Å². The number of aryl methyl sites for hydroxylation is 1. The Labute approximate surface area is 156 Å². The number of guanidine groups is 1. The van der Waals surface area contributed by atoms with Gasteiger partial charge in [0.25, 0.3) is 0 Å². The third-order valence-electron chi connectivity index (χ3n) is 3.31. The van der Waals surface area contributed by atoms with Crippen LogP contribution in [0, 0.1) is 6.92 Å². The predicted octanol–water partition coefficient (Wildman–Crippen LogP) is 3.87. The van der Waals surface area contributed by atoms with E-state index < -0.39 is 0 Å². The molecule has 1 N–H and O–H groups in total. The zero-order valence-electron chi connectivity index (χ0n) is 14.0. The second-order valence-electron chi connectivity index (χ2n) is 5.14. The number of hydrogen-bond acceptors (Lipinski definition) is 3. The second-order valence-corrected chi connectivity index (χ2v) is 6.20. The van der Waals surface area contributed by atoms with E-state index in [1.54, 1.807) is 11.3 Å². The summed E-state index contributed by atoms with van der Waals surface area (Å²) in [6, 6.07) is 0. The SMILES string of the molecule is C=CCCCCCN(C)C(=NC)NCCc1csc(C)n1.I. The van der Waals surface area contributed by atoms with Crippen molar-refractivity contribution in [2.75, 3.05) is 27.2 Å². The maximum absolute atomic E-state index is 4.47. The number of nitrogens with zero attached hydrogens (tertiary/aromatic N) is 3. The van der Waals surface area contributed by atoms with Gasteiger partial charge >= 0.3 is 0 Å². The normalized spacial score (nSPS) is 11.0. The van der Waals surface area contributed by atoms with E-state index in [0.717, 1.165) is 42.6 Å². The van der Waals surface area contributed by atoms with Crippen molar-refractivity contribution in [1.29, 1.82) is 0 Å². The molecule has 0 radical (unpaired) electrons. The van der Waals surface area contributed by atoms with E-state index in [0.29, 0.717) is 0 Å². The van der Waals surface area contributed by atoms with Crippen LogP contribution in [0.1, 0.15) is 36.4 Å². The number of nitrogens with one attached hydrogen (secondary N) is 1. The molecule has 0 saturated carbocycles. The Kier molecular flexibility index (Phi) is 12.5. The number of thiazole rings is 1. The predicted molar refractivity (Wildman–Crippen MR) is 109 cm³/mol. The highest BCUT2D eigenvalue weighted by molar-refractivity contribution is 14.0. The minimum atomic E-state index is 0. The fourth-order valence-electron chi connectivity index (χ4n) is 2.13. The lowest BCUT2D eigenvalue weighted by Gasteiger charge is -2.21. The van der Waals surface area contributed by atoms with Crippen molar-refractivity contribution in [1.82, 2.24) is 15.2 Å². The van der Waals surface area contributed by atoms with E-state index in [2.05, 4.69) is 39.2 Å². The molecule has 6 heteroatoms. The molecule has 0 aliphatic carbocycles. The first-order chi connectivity index (χ1) is 10.2. The molecule has 1 rings (SSSR count). The molecule has 126 valence electrons. The van der Waals surface area contributed by atoms with Gasteiger partial charge in [-0.1, -0.05) is 12.5 Å². The van der Waals surface area contributed by atoms with Gasteiger partial charge in [0, 0.05) is 39.0 Å². The van der Waals surface area contributed by atoms with E-state index in [1.165, 1.54) is 19.3 Å². The Morgan fingerprint density at radius 3 is 2.82 bits per heavy atom. The Balaban J connectivity index is 0.00000441. The van der Waals surface area contributed by atoms with Crippen molar-refractivity contribution in [3.63, 3.8) is 0 Å². The molecular weight excluding hydrogens is 407 g/mol. The molecule has 1 heterocycles. The van der Waals surface area contributed by atoms with Gasteiger partial charge in [0.2, 0.25) is 0 Å². The molecule has 0 aromatic carbocycles. The molecule has 0 aliphatic heterocycles. The molecule has 22 heavy (non-hydrogen) atoms.